The summed E-state index contributed by atoms with van der Waals surface area (Å²) in [7, 11) is 0. The standard InChI is InChI=1S/C26H30N2O4/c1-6-15-28-25(29)23(19-7-11-21(12-8-19)31-16-17(2)3)24(26(28)30)27-20-9-13-22(14-10-20)32-18(4)5/h6-14,17-18,27H,1,15-16H2,2-5H3. The van der Waals surface area contributed by atoms with Crippen molar-refractivity contribution >= 4 is 23.1 Å². The van der Waals surface area contributed by atoms with E-state index in [-0.39, 0.29) is 30.2 Å². The molecule has 1 N–H and O–H groups in total. The molecule has 32 heavy (non-hydrogen) atoms. The molecule has 3 rings (SSSR count). The van der Waals surface area contributed by atoms with Crippen LogP contribution in [-0.4, -0.2) is 36.0 Å². The van der Waals surface area contributed by atoms with E-state index in [0.29, 0.717) is 29.3 Å². The molecule has 2 aromatic carbocycles. The number of nitrogens with one attached hydrogen (secondary N) is 1. The fourth-order valence-electron chi connectivity index (χ4n) is 3.27. The van der Waals surface area contributed by atoms with Crippen LogP contribution < -0.4 is 14.8 Å². The van der Waals surface area contributed by atoms with Crippen LogP contribution in [0.2, 0.25) is 0 Å². The lowest BCUT2D eigenvalue weighted by Gasteiger charge is -2.13. The van der Waals surface area contributed by atoms with Crippen LogP contribution in [0.3, 0.4) is 0 Å². The number of imide groups is 1. The molecule has 0 radical (unpaired) electrons. The number of hydrogen-bond acceptors (Lipinski definition) is 5. The van der Waals surface area contributed by atoms with Crippen molar-refractivity contribution in [3.8, 4) is 11.5 Å². The van der Waals surface area contributed by atoms with Crippen LogP contribution in [0.4, 0.5) is 5.69 Å². The van der Waals surface area contributed by atoms with E-state index in [4.69, 9.17) is 9.47 Å². The minimum atomic E-state index is -0.382. The van der Waals surface area contributed by atoms with Crippen molar-refractivity contribution in [3.05, 3.63) is 72.4 Å². The number of anilines is 1. The molecule has 1 aliphatic rings. The van der Waals surface area contributed by atoms with Gasteiger partial charge in [-0.25, -0.2) is 0 Å². The van der Waals surface area contributed by atoms with Gasteiger partial charge in [0.05, 0.1) is 18.3 Å². The van der Waals surface area contributed by atoms with Crippen molar-refractivity contribution in [2.24, 2.45) is 5.92 Å². The summed E-state index contributed by atoms with van der Waals surface area (Å²) in [6.45, 7) is 12.5. The van der Waals surface area contributed by atoms with Crippen LogP contribution in [-0.2, 0) is 9.59 Å². The topological polar surface area (TPSA) is 67.9 Å². The number of amides is 2. The van der Waals surface area contributed by atoms with E-state index in [9.17, 15) is 9.59 Å². The highest BCUT2D eigenvalue weighted by Crippen LogP contribution is 2.32. The maximum atomic E-state index is 13.1. The van der Waals surface area contributed by atoms with Gasteiger partial charge in [-0.3, -0.25) is 14.5 Å². The fourth-order valence-corrected chi connectivity index (χ4v) is 3.27. The van der Waals surface area contributed by atoms with Gasteiger partial charge in [0.15, 0.2) is 0 Å². The molecule has 2 aromatic rings. The molecule has 0 bridgehead atoms. The third-order valence-corrected chi connectivity index (χ3v) is 4.70. The van der Waals surface area contributed by atoms with Gasteiger partial charge in [0.2, 0.25) is 0 Å². The molecule has 0 unspecified atom stereocenters. The lowest BCUT2D eigenvalue weighted by atomic mass is 10.0. The second kappa shape index (κ2) is 10.2. The Hall–Kier alpha value is -3.54. The SMILES string of the molecule is C=CCN1C(=O)C(Nc2ccc(OC(C)C)cc2)=C(c2ccc(OCC(C)C)cc2)C1=O. The van der Waals surface area contributed by atoms with E-state index in [1.807, 2.05) is 50.2 Å². The van der Waals surface area contributed by atoms with E-state index in [1.165, 1.54) is 11.0 Å². The van der Waals surface area contributed by atoms with Crippen LogP contribution in [0.1, 0.15) is 33.3 Å². The summed E-state index contributed by atoms with van der Waals surface area (Å²) in [4.78, 5) is 27.3. The van der Waals surface area contributed by atoms with Crippen molar-refractivity contribution in [2.45, 2.75) is 33.8 Å². The summed E-state index contributed by atoms with van der Waals surface area (Å²) in [6.07, 6.45) is 1.61. The van der Waals surface area contributed by atoms with Crippen molar-refractivity contribution in [3.63, 3.8) is 0 Å². The van der Waals surface area contributed by atoms with Gasteiger partial charge < -0.3 is 14.8 Å². The van der Waals surface area contributed by atoms with Crippen LogP contribution in [0.25, 0.3) is 5.57 Å². The van der Waals surface area contributed by atoms with Gasteiger partial charge >= 0.3 is 0 Å². The number of carbonyl (C=O) groups excluding carboxylic acids is 2. The first-order valence-electron chi connectivity index (χ1n) is 10.8. The predicted octanol–water partition coefficient (Wildman–Crippen LogP) is 4.89. The lowest BCUT2D eigenvalue weighted by molar-refractivity contribution is -0.136. The molecule has 1 heterocycles. The highest BCUT2D eigenvalue weighted by Gasteiger charge is 2.38. The van der Waals surface area contributed by atoms with Gasteiger partial charge in [-0.05, 0) is 61.7 Å². The van der Waals surface area contributed by atoms with E-state index in [0.717, 1.165) is 11.5 Å². The molecule has 0 fully saturated rings. The van der Waals surface area contributed by atoms with Crippen LogP contribution in [0, 0.1) is 5.92 Å². The zero-order chi connectivity index (χ0) is 23.3. The molecule has 0 saturated heterocycles. The smallest absolute Gasteiger partial charge is 0.278 e. The van der Waals surface area contributed by atoms with E-state index in [2.05, 4.69) is 25.7 Å². The normalized spacial score (nSPS) is 13.9. The van der Waals surface area contributed by atoms with Gasteiger partial charge in [-0.1, -0.05) is 32.1 Å². The molecule has 2 amide bonds. The minimum Gasteiger partial charge on any atom is -0.493 e. The third kappa shape index (κ3) is 5.38. The quantitative estimate of drug-likeness (QED) is 0.426. The molecule has 6 nitrogen and oxygen atoms in total. The van der Waals surface area contributed by atoms with Crippen molar-refractivity contribution in [1.82, 2.24) is 4.90 Å². The zero-order valence-electron chi connectivity index (χ0n) is 19.1. The molecular formula is C26H30N2O4. The van der Waals surface area contributed by atoms with Crippen LogP contribution in [0.15, 0.2) is 66.9 Å². The summed E-state index contributed by atoms with van der Waals surface area (Å²) in [5, 5.41) is 3.14. The summed E-state index contributed by atoms with van der Waals surface area (Å²) in [6, 6.07) is 14.5. The van der Waals surface area contributed by atoms with E-state index in [1.54, 1.807) is 12.1 Å². The van der Waals surface area contributed by atoms with Crippen molar-refractivity contribution in [2.75, 3.05) is 18.5 Å². The highest BCUT2D eigenvalue weighted by molar-refractivity contribution is 6.36. The maximum Gasteiger partial charge on any atom is 0.278 e. The van der Waals surface area contributed by atoms with Gasteiger partial charge in [0.1, 0.15) is 17.2 Å². The second-order valence-corrected chi connectivity index (χ2v) is 8.30. The Morgan fingerprint density at radius 1 is 0.938 bits per heavy atom. The number of ether oxygens (including phenoxy) is 2. The third-order valence-electron chi connectivity index (χ3n) is 4.70. The molecule has 1 aliphatic heterocycles. The summed E-state index contributed by atoms with van der Waals surface area (Å²) in [5.41, 5.74) is 1.90. The van der Waals surface area contributed by atoms with Crippen molar-refractivity contribution in [1.29, 1.82) is 0 Å². The van der Waals surface area contributed by atoms with Gasteiger partial charge in [-0.15, -0.1) is 6.58 Å². The van der Waals surface area contributed by atoms with Gasteiger partial charge in [-0.2, -0.15) is 0 Å². The minimum absolute atomic E-state index is 0.0668. The lowest BCUT2D eigenvalue weighted by Crippen LogP contribution is -2.32. The first-order valence-corrected chi connectivity index (χ1v) is 10.8. The van der Waals surface area contributed by atoms with Gasteiger partial charge in [0.25, 0.3) is 11.8 Å². The molecular weight excluding hydrogens is 404 g/mol. The summed E-state index contributed by atoms with van der Waals surface area (Å²) >= 11 is 0. The number of rotatable bonds is 10. The second-order valence-electron chi connectivity index (χ2n) is 8.30. The molecule has 0 spiro atoms. The molecule has 0 aliphatic carbocycles. The molecule has 0 saturated carbocycles. The molecule has 6 heteroatoms. The maximum absolute atomic E-state index is 13.1. The van der Waals surface area contributed by atoms with Gasteiger partial charge in [0, 0.05) is 12.2 Å². The number of nitrogens with zero attached hydrogens (tertiary/aromatic N) is 1. The number of carbonyl (C=O) groups is 2. The van der Waals surface area contributed by atoms with Crippen LogP contribution >= 0.6 is 0 Å². The van der Waals surface area contributed by atoms with Crippen molar-refractivity contribution < 1.29 is 19.1 Å². The average molecular weight is 435 g/mol. The Morgan fingerprint density at radius 3 is 2.12 bits per heavy atom. The Morgan fingerprint density at radius 2 is 1.56 bits per heavy atom. The summed E-state index contributed by atoms with van der Waals surface area (Å²) < 4.78 is 11.4. The van der Waals surface area contributed by atoms with E-state index >= 15 is 0 Å². The average Bonchev–Trinajstić information content (AvgIpc) is 2.98. The Bertz CT molecular complexity index is 1010. The Kier molecular flexibility index (Phi) is 7.36. The van der Waals surface area contributed by atoms with E-state index < -0.39 is 0 Å². The monoisotopic (exact) mass is 434 g/mol. The fraction of sp³-hybridized carbons (Fsp3) is 0.308. The largest absolute Gasteiger partial charge is 0.493 e. The number of benzene rings is 2. The first kappa shape index (κ1) is 23.1. The summed E-state index contributed by atoms with van der Waals surface area (Å²) in [5.74, 6) is 1.13. The zero-order valence-corrected chi connectivity index (χ0v) is 19.1. The predicted molar refractivity (Wildman–Crippen MR) is 126 cm³/mol. The highest BCUT2D eigenvalue weighted by atomic mass is 16.5. The molecule has 0 atom stereocenters. The molecule has 0 aromatic heterocycles. The molecule has 168 valence electrons. The first-order chi connectivity index (χ1) is 15.3. The Balaban J connectivity index is 1.91. The van der Waals surface area contributed by atoms with Crippen LogP contribution in [0.5, 0.6) is 11.5 Å². The Labute approximate surface area is 189 Å². The number of hydrogen-bond donors (Lipinski definition) is 1.